The topological polar surface area (TPSA) is 24.5 Å². The van der Waals surface area contributed by atoms with Crippen LogP contribution in [0.3, 0.4) is 0 Å². The SMILES string of the molecule is COCCC(C)NC1CCC(N2CCC(C)CC2)CC1. The van der Waals surface area contributed by atoms with Crippen molar-refractivity contribution in [2.45, 2.75) is 76.9 Å². The monoisotopic (exact) mass is 282 g/mol. The largest absolute Gasteiger partial charge is 0.385 e. The van der Waals surface area contributed by atoms with Gasteiger partial charge in [-0.05, 0) is 70.9 Å². The van der Waals surface area contributed by atoms with Crippen molar-refractivity contribution in [3.63, 3.8) is 0 Å². The number of ether oxygens (including phenoxy) is 1. The van der Waals surface area contributed by atoms with E-state index in [1.165, 1.54) is 51.6 Å². The van der Waals surface area contributed by atoms with E-state index in [0.717, 1.165) is 31.0 Å². The average molecular weight is 282 g/mol. The molecule has 1 N–H and O–H groups in total. The number of nitrogens with one attached hydrogen (secondary N) is 1. The van der Waals surface area contributed by atoms with Gasteiger partial charge in [0.25, 0.3) is 0 Å². The van der Waals surface area contributed by atoms with Gasteiger partial charge in [-0.2, -0.15) is 0 Å². The lowest BCUT2D eigenvalue weighted by Crippen LogP contribution is -2.46. The van der Waals surface area contributed by atoms with Crippen LogP contribution < -0.4 is 5.32 Å². The second kappa shape index (κ2) is 8.35. The van der Waals surface area contributed by atoms with Gasteiger partial charge < -0.3 is 15.0 Å². The van der Waals surface area contributed by atoms with E-state index in [0.29, 0.717) is 6.04 Å². The predicted molar refractivity (Wildman–Crippen MR) is 85.1 cm³/mol. The first-order valence-corrected chi connectivity index (χ1v) is 8.68. The van der Waals surface area contributed by atoms with Gasteiger partial charge in [-0.1, -0.05) is 6.92 Å². The summed E-state index contributed by atoms with van der Waals surface area (Å²) in [6.45, 7) is 8.24. The summed E-state index contributed by atoms with van der Waals surface area (Å²) in [4.78, 5) is 2.77. The molecule has 3 nitrogen and oxygen atoms in total. The van der Waals surface area contributed by atoms with Crippen molar-refractivity contribution < 1.29 is 4.74 Å². The predicted octanol–water partition coefficient (Wildman–Crippen LogP) is 3.04. The summed E-state index contributed by atoms with van der Waals surface area (Å²) in [7, 11) is 1.79. The Morgan fingerprint density at radius 3 is 2.35 bits per heavy atom. The van der Waals surface area contributed by atoms with Gasteiger partial charge in [0.1, 0.15) is 0 Å². The van der Waals surface area contributed by atoms with Crippen LogP contribution in [0, 0.1) is 5.92 Å². The third-order valence-electron chi connectivity index (χ3n) is 5.31. The molecule has 1 unspecified atom stereocenters. The molecular formula is C17H34N2O. The molecular weight excluding hydrogens is 248 g/mol. The van der Waals surface area contributed by atoms with E-state index < -0.39 is 0 Å². The number of likely N-dealkylation sites (tertiary alicyclic amines) is 1. The molecule has 20 heavy (non-hydrogen) atoms. The maximum absolute atomic E-state index is 5.16. The van der Waals surface area contributed by atoms with Crippen molar-refractivity contribution in [2.24, 2.45) is 5.92 Å². The van der Waals surface area contributed by atoms with Gasteiger partial charge in [0.15, 0.2) is 0 Å². The summed E-state index contributed by atoms with van der Waals surface area (Å²) >= 11 is 0. The molecule has 3 heteroatoms. The molecule has 0 aromatic heterocycles. The quantitative estimate of drug-likeness (QED) is 0.810. The first-order valence-electron chi connectivity index (χ1n) is 8.68. The molecule has 0 radical (unpaired) electrons. The van der Waals surface area contributed by atoms with Crippen molar-refractivity contribution in [3.8, 4) is 0 Å². The van der Waals surface area contributed by atoms with Crippen molar-refractivity contribution in [1.82, 2.24) is 10.2 Å². The van der Waals surface area contributed by atoms with Gasteiger partial charge in [-0.15, -0.1) is 0 Å². The van der Waals surface area contributed by atoms with Crippen LogP contribution in [-0.2, 0) is 4.74 Å². The molecule has 1 aliphatic heterocycles. The highest BCUT2D eigenvalue weighted by Crippen LogP contribution is 2.27. The summed E-state index contributed by atoms with van der Waals surface area (Å²) in [5.74, 6) is 0.950. The van der Waals surface area contributed by atoms with Gasteiger partial charge >= 0.3 is 0 Å². The second-order valence-electron chi connectivity index (χ2n) is 7.07. The Balaban J connectivity index is 1.64. The zero-order valence-electron chi connectivity index (χ0n) is 13.7. The minimum atomic E-state index is 0.590. The molecule has 1 saturated heterocycles. The number of hydrogen-bond acceptors (Lipinski definition) is 3. The Kier molecular flexibility index (Phi) is 6.79. The fourth-order valence-corrected chi connectivity index (χ4v) is 3.78. The van der Waals surface area contributed by atoms with E-state index in [2.05, 4.69) is 24.1 Å². The fourth-order valence-electron chi connectivity index (χ4n) is 3.78. The highest BCUT2D eigenvalue weighted by molar-refractivity contribution is 4.85. The minimum absolute atomic E-state index is 0.590. The number of methoxy groups -OCH3 is 1. The van der Waals surface area contributed by atoms with Crippen LogP contribution in [0.25, 0.3) is 0 Å². The molecule has 2 fully saturated rings. The van der Waals surface area contributed by atoms with Crippen LogP contribution in [0.1, 0.15) is 58.8 Å². The molecule has 0 bridgehead atoms. The number of nitrogens with zero attached hydrogens (tertiary/aromatic N) is 1. The first-order chi connectivity index (χ1) is 9.69. The van der Waals surface area contributed by atoms with Gasteiger partial charge in [-0.25, -0.2) is 0 Å². The Bertz CT molecular complexity index is 256. The van der Waals surface area contributed by atoms with Crippen LogP contribution in [0.5, 0.6) is 0 Å². The maximum Gasteiger partial charge on any atom is 0.0476 e. The van der Waals surface area contributed by atoms with Crippen LogP contribution in [0.15, 0.2) is 0 Å². The smallest absolute Gasteiger partial charge is 0.0476 e. The second-order valence-corrected chi connectivity index (χ2v) is 7.07. The molecule has 1 saturated carbocycles. The van der Waals surface area contributed by atoms with Gasteiger partial charge in [0.2, 0.25) is 0 Å². The van der Waals surface area contributed by atoms with Crippen LogP contribution in [0.2, 0.25) is 0 Å². The third-order valence-corrected chi connectivity index (χ3v) is 5.31. The number of hydrogen-bond donors (Lipinski definition) is 1. The van der Waals surface area contributed by atoms with Gasteiger partial charge in [0, 0.05) is 31.8 Å². The summed E-state index contributed by atoms with van der Waals surface area (Å²) < 4.78 is 5.16. The van der Waals surface area contributed by atoms with Crippen LogP contribution >= 0.6 is 0 Å². The normalized spacial score (nSPS) is 31.4. The molecule has 118 valence electrons. The minimum Gasteiger partial charge on any atom is -0.385 e. The Labute approximate surface area is 125 Å². The first kappa shape index (κ1) is 16.3. The summed E-state index contributed by atoms with van der Waals surface area (Å²) in [5.41, 5.74) is 0. The zero-order chi connectivity index (χ0) is 14.4. The number of rotatable bonds is 6. The lowest BCUT2D eigenvalue weighted by molar-refractivity contribution is 0.101. The van der Waals surface area contributed by atoms with E-state index in [9.17, 15) is 0 Å². The molecule has 1 heterocycles. The Morgan fingerprint density at radius 2 is 1.75 bits per heavy atom. The van der Waals surface area contributed by atoms with Crippen molar-refractivity contribution in [2.75, 3.05) is 26.8 Å². The van der Waals surface area contributed by atoms with Crippen molar-refractivity contribution in [3.05, 3.63) is 0 Å². The standard InChI is InChI=1S/C17H34N2O/c1-14-8-11-19(12-9-14)17-6-4-16(5-7-17)18-15(2)10-13-20-3/h14-18H,4-13H2,1-3H3. The Morgan fingerprint density at radius 1 is 1.10 bits per heavy atom. The summed E-state index contributed by atoms with van der Waals surface area (Å²) in [6, 6.07) is 2.20. The van der Waals surface area contributed by atoms with Crippen LogP contribution in [-0.4, -0.2) is 49.8 Å². The molecule has 0 spiro atoms. The molecule has 2 aliphatic rings. The molecule has 0 amide bonds. The summed E-state index contributed by atoms with van der Waals surface area (Å²) in [6.07, 6.45) is 9.44. The fraction of sp³-hybridized carbons (Fsp3) is 1.00. The highest BCUT2D eigenvalue weighted by Gasteiger charge is 2.28. The molecule has 0 aromatic carbocycles. The third kappa shape index (κ3) is 5.01. The maximum atomic E-state index is 5.16. The van der Waals surface area contributed by atoms with Gasteiger partial charge in [-0.3, -0.25) is 0 Å². The molecule has 1 aliphatic carbocycles. The van der Waals surface area contributed by atoms with E-state index in [1.807, 2.05) is 0 Å². The lowest BCUT2D eigenvalue weighted by atomic mass is 9.87. The Hall–Kier alpha value is -0.120. The van der Waals surface area contributed by atoms with Crippen molar-refractivity contribution >= 4 is 0 Å². The number of piperidine rings is 1. The zero-order valence-corrected chi connectivity index (χ0v) is 13.7. The molecule has 2 rings (SSSR count). The van der Waals surface area contributed by atoms with Gasteiger partial charge in [0.05, 0.1) is 0 Å². The summed E-state index contributed by atoms with van der Waals surface area (Å²) in [5, 5.41) is 3.79. The van der Waals surface area contributed by atoms with E-state index in [1.54, 1.807) is 7.11 Å². The van der Waals surface area contributed by atoms with Crippen LogP contribution in [0.4, 0.5) is 0 Å². The van der Waals surface area contributed by atoms with Crippen molar-refractivity contribution in [1.29, 1.82) is 0 Å². The molecule has 0 aromatic rings. The van der Waals surface area contributed by atoms with E-state index >= 15 is 0 Å². The average Bonchev–Trinajstić information content (AvgIpc) is 2.47. The van der Waals surface area contributed by atoms with E-state index in [-0.39, 0.29) is 0 Å². The van der Waals surface area contributed by atoms with E-state index in [4.69, 9.17) is 4.74 Å². The molecule has 1 atom stereocenters. The highest BCUT2D eigenvalue weighted by atomic mass is 16.5. The lowest BCUT2D eigenvalue weighted by Gasteiger charge is -2.41.